The van der Waals surface area contributed by atoms with Gasteiger partial charge in [0.05, 0.1) is 4.90 Å². The highest BCUT2D eigenvalue weighted by Gasteiger charge is 2.20. The average molecular weight is 258 g/mol. The number of rotatable bonds is 1. The van der Waals surface area contributed by atoms with Crippen LogP contribution in [0.1, 0.15) is 11.3 Å². The third-order valence-corrected chi connectivity index (χ3v) is 3.70. The first-order chi connectivity index (χ1) is 8.65. The summed E-state index contributed by atoms with van der Waals surface area (Å²) in [6, 6.07) is 9.73. The number of hydrogen-bond donors (Lipinski definition) is 2. The van der Waals surface area contributed by atoms with Crippen LogP contribution in [0.25, 0.3) is 11.1 Å². The van der Waals surface area contributed by atoms with Gasteiger partial charge in [0.1, 0.15) is 0 Å². The molecule has 90 valence electrons. The smallest absolute Gasteiger partial charge is 0.281 e. The van der Waals surface area contributed by atoms with Crippen molar-refractivity contribution in [2.75, 3.05) is 0 Å². The Morgan fingerprint density at radius 1 is 1.28 bits per heavy atom. The molecule has 0 fully saturated rings. The normalized spacial score (nSPS) is 12.0. The van der Waals surface area contributed by atoms with Crippen LogP contribution in [-0.2, 0) is 6.42 Å². The largest absolute Gasteiger partial charge is 0.360 e. The van der Waals surface area contributed by atoms with Crippen molar-refractivity contribution in [3.8, 4) is 11.1 Å². The molecule has 0 saturated carbocycles. The lowest BCUT2D eigenvalue weighted by Gasteiger charge is -2.03. The molecule has 0 bridgehead atoms. The summed E-state index contributed by atoms with van der Waals surface area (Å²) in [6.45, 7) is 0. The minimum absolute atomic E-state index is 0.259. The fourth-order valence-electron chi connectivity index (χ4n) is 2.24. The Kier molecular flexibility index (Phi) is 2.48. The first-order valence-electron chi connectivity index (χ1n) is 5.47. The molecule has 1 aliphatic rings. The van der Waals surface area contributed by atoms with E-state index >= 15 is 0 Å². The molecule has 0 aliphatic heterocycles. The summed E-state index contributed by atoms with van der Waals surface area (Å²) in [5.74, 6) is 0. The molecule has 1 amide bonds. The Morgan fingerprint density at radius 2 is 2.06 bits per heavy atom. The fourth-order valence-corrected chi connectivity index (χ4v) is 2.78. The van der Waals surface area contributed by atoms with Gasteiger partial charge in [-0.2, -0.15) is 0 Å². The second-order valence-corrected chi connectivity index (χ2v) is 5.16. The van der Waals surface area contributed by atoms with Gasteiger partial charge >= 0.3 is 0 Å². The number of nitrogens with one attached hydrogen (secondary N) is 1. The lowest BCUT2D eigenvalue weighted by Crippen LogP contribution is -2.13. The predicted molar refractivity (Wildman–Crippen MR) is 70.7 cm³/mol. The number of benzene rings is 1. The van der Waals surface area contributed by atoms with E-state index in [4.69, 9.17) is 5.73 Å². The zero-order valence-corrected chi connectivity index (χ0v) is 10.2. The molecule has 1 heterocycles. The first-order valence-corrected chi connectivity index (χ1v) is 6.28. The Bertz CT molecular complexity index is 706. The van der Waals surface area contributed by atoms with Crippen molar-refractivity contribution in [1.82, 2.24) is 4.98 Å². The van der Waals surface area contributed by atoms with Gasteiger partial charge in [-0.15, -0.1) is 0 Å². The van der Waals surface area contributed by atoms with E-state index < -0.39 is 5.24 Å². The Hall–Kier alpha value is -2.01. The molecule has 3 N–H and O–H groups in total. The fraction of sp³-hybridized carbons (Fsp3) is 0.0769. The lowest BCUT2D eigenvalue weighted by atomic mass is 10.1. The van der Waals surface area contributed by atoms with Crippen LogP contribution in [0.4, 0.5) is 4.79 Å². The van der Waals surface area contributed by atoms with Gasteiger partial charge in [-0.3, -0.25) is 9.59 Å². The molecule has 0 spiro atoms. The molecule has 0 radical (unpaired) electrons. The zero-order chi connectivity index (χ0) is 12.7. The number of nitrogens with two attached hydrogens (primary N) is 1. The summed E-state index contributed by atoms with van der Waals surface area (Å²) in [6.07, 6.45) is 0.724. The number of amides is 1. The quantitative estimate of drug-likeness (QED) is 0.656. The van der Waals surface area contributed by atoms with Crippen LogP contribution in [-0.4, -0.2) is 10.2 Å². The highest BCUT2D eigenvalue weighted by atomic mass is 32.2. The van der Waals surface area contributed by atoms with E-state index in [2.05, 4.69) is 4.98 Å². The predicted octanol–water partition coefficient (Wildman–Crippen LogP) is 2.12. The topological polar surface area (TPSA) is 76.0 Å². The van der Waals surface area contributed by atoms with Crippen molar-refractivity contribution in [1.29, 1.82) is 0 Å². The van der Waals surface area contributed by atoms with E-state index in [9.17, 15) is 9.59 Å². The van der Waals surface area contributed by atoms with Crippen molar-refractivity contribution in [3.63, 3.8) is 0 Å². The minimum Gasteiger partial charge on any atom is -0.360 e. The van der Waals surface area contributed by atoms with Crippen molar-refractivity contribution in [3.05, 3.63) is 51.9 Å². The number of fused-ring (bicyclic) bond motifs is 3. The van der Waals surface area contributed by atoms with E-state index in [0.717, 1.165) is 35.0 Å². The van der Waals surface area contributed by atoms with Crippen molar-refractivity contribution >= 4 is 17.0 Å². The maximum Gasteiger partial charge on any atom is 0.281 e. The van der Waals surface area contributed by atoms with E-state index in [1.807, 2.05) is 24.3 Å². The molecule has 1 aliphatic carbocycles. The molecule has 0 unspecified atom stereocenters. The molecule has 3 rings (SSSR count). The van der Waals surface area contributed by atoms with Gasteiger partial charge in [0.2, 0.25) is 0 Å². The number of pyridine rings is 1. The second-order valence-electron chi connectivity index (χ2n) is 4.11. The standard InChI is InChI=1S/C13H10N2O2S/c14-13(17)18-11-6-9-8-4-2-1-3-7(8)5-10(9)15-12(11)16/h1-4,6H,5H2,(H2,14,17)(H,15,16). The van der Waals surface area contributed by atoms with E-state index in [1.54, 1.807) is 6.07 Å². The molecular formula is C13H10N2O2S. The molecule has 0 atom stereocenters. The van der Waals surface area contributed by atoms with Crippen molar-refractivity contribution in [2.45, 2.75) is 11.3 Å². The van der Waals surface area contributed by atoms with E-state index in [-0.39, 0.29) is 5.56 Å². The molecule has 2 aromatic rings. The first kappa shape index (κ1) is 11.1. The van der Waals surface area contributed by atoms with Crippen LogP contribution in [0.15, 0.2) is 40.0 Å². The van der Waals surface area contributed by atoms with Gasteiger partial charge < -0.3 is 10.7 Å². The van der Waals surface area contributed by atoms with Crippen LogP contribution in [0.5, 0.6) is 0 Å². The highest BCUT2D eigenvalue weighted by Crippen LogP contribution is 2.35. The van der Waals surface area contributed by atoms with Crippen molar-refractivity contribution in [2.24, 2.45) is 5.73 Å². The van der Waals surface area contributed by atoms with Gasteiger partial charge in [0, 0.05) is 17.7 Å². The van der Waals surface area contributed by atoms with Gasteiger partial charge in [-0.25, -0.2) is 0 Å². The van der Waals surface area contributed by atoms with Crippen LogP contribution in [0, 0.1) is 0 Å². The van der Waals surface area contributed by atoms with Crippen molar-refractivity contribution < 1.29 is 4.79 Å². The summed E-state index contributed by atoms with van der Waals surface area (Å²) in [4.78, 5) is 25.9. The second kappa shape index (κ2) is 4.03. The van der Waals surface area contributed by atoms with Gasteiger partial charge in [0.25, 0.3) is 10.8 Å². The molecule has 1 aromatic carbocycles. The number of hydrogen-bond acceptors (Lipinski definition) is 3. The number of aromatic amines is 1. The molecule has 4 nitrogen and oxygen atoms in total. The molecule has 18 heavy (non-hydrogen) atoms. The van der Waals surface area contributed by atoms with Gasteiger partial charge in [-0.1, -0.05) is 24.3 Å². The van der Waals surface area contributed by atoms with E-state index in [1.165, 1.54) is 5.56 Å². The summed E-state index contributed by atoms with van der Waals surface area (Å²) < 4.78 is 0. The number of primary amides is 1. The maximum absolute atomic E-state index is 11.8. The third-order valence-electron chi connectivity index (χ3n) is 2.97. The number of thioether (sulfide) groups is 1. The molecular weight excluding hydrogens is 248 g/mol. The van der Waals surface area contributed by atoms with Crippen LogP contribution < -0.4 is 11.3 Å². The van der Waals surface area contributed by atoms with Gasteiger partial charge in [0.15, 0.2) is 0 Å². The number of aromatic nitrogens is 1. The third kappa shape index (κ3) is 1.73. The van der Waals surface area contributed by atoms with Crippen LogP contribution in [0.2, 0.25) is 0 Å². The minimum atomic E-state index is -0.577. The monoisotopic (exact) mass is 258 g/mol. The van der Waals surface area contributed by atoms with Crippen LogP contribution >= 0.6 is 11.8 Å². The Morgan fingerprint density at radius 3 is 2.83 bits per heavy atom. The lowest BCUT2D eigenvalue weighted by molar-refractivity contribution is 0.267. The summed E-state index contributed by atoms with van der Waals surface area (Å²) in [5, 5.41) is -0.577. The maximum atomic E-state index is 11.8. The van der Waals surface area contributed by atoms with E-state index in [0.29, 0.717) is 4.90 Å². The number of H-pyrrole nitrogens is 1. The summed E-state index contributed by atoms with van der Waals surface area (Å²) >= 11 is 0.761. The molecule has 0 saturated heterocycles. The SMILES string of the molecule is NC(=O)Sc1cc2c([nH]c1=O)Cc1ccccc1-2. The number of carbonyl (C=O) groups excluding carboxylic acids is 1. The Labute approximate surface area is 107 Å². The summed E-state index contributed by atoms with van der Waals surface area (Å²) in [7, 11) is 0. The highest BCUT2D eigenvalue weighted by molar-refractivity contribution is 8.13. The zero-order valence-electron chi connectivity index (χ0n) is 9.40. The molecule has 5 heteroatoms. The summed E-state index contributed by atoms with van der Waals surface area (Å²) in [5.41, 5.74) is 9.02. The average Bonchev–Trinajstić information content (AvgIpc) is 2.66. The Balaban J connectivity index is 2.17. The molecule has 1 aromatic heterocycles. The van der Waals surface area contributed by atoms with Crippen LogP contribution in [0.3, 0.4) is 0 Å². The number of carbonyl (C=O) groups is 1. The van der Waals surface area contributed by atoms with Gasteiger partial charge in [-0.05, 0) is 29.0 Å².